The molecule has 0 saturated carbocycles. The lowest BCUT2D eigenvalue weighted by Crippen LogP contribution is -2.32. The van der Waals surface area contributed by atoms with Crippen molar-refractivity contribution in [3.05, 3.63) is 75.3 Å². The molecule has 0 spiro atoms. The number of amidine groups is 1. The van der Waals surface area contributed by atoms with Crippen molar-refractivity contribution in [2.75, 3.05) is 13.7 Å². The molecular weight excluding hydrogens is 479 g/mol. The first-order chi connectivity index (χ1) is 15.8. The molecule has 0 aliphatic carbocycles. The van der Waals surface area contributed by atoms with E-state index < -0.39 is 0 Å². The maximum Gasteiger partial charge on any atom is 0.266 e. The highest BCUT2D eigenvalue weighted by Crippen LogP contribution is 2.37. The molecule has 2 aromatic carbocycles. The average Bonchev–Trinajstić information content (AvgIpc) is 3.36. The van der Waals surface area contributed by atoms with Gasteiger partial charge in [-0.3, -0.25) is 9.69 Å². The molecular formula is C25H22Cl2N2O3S. The fraction of sp³-hybridized carbons (Fsp3) is 0.200. The van der Waals surface area contributed by atoms with E-state index >= 15 is 0 Å². The SMILES string of the molecule is COc1ccc(N=C2S/C(=C/c3ccc(-c4cc(Cl)ccc4Cl)o3)C(=O)N2CC(C)C)cc1. The molecule has 4 rings (SSSR count). The first-order valence-electron chi connectivity index (χ1n) is 10.3. The van der Waals surface area contributed by atoms with Crippen LogP contribution in [0.1, 0.15) is 19.6 Å². The van der Waals surface area contributed by atoms with Gasteiger partial charge in [0.2, 0.25) is 0 Å². The minimum atomic E-state index is -0.0975. The summed E-state index contributed by atoms with van der Waals surface area (Å²) < 4.78 is 11.2. The number of amides is 1. The van der Waals surface area contributed by atoms with Gasteiger partial charge in [-0.15, -0.1) is 0 Å². The lowest BCUT2D eigenvalue weighted by Gasteiger charge is -2.17. The molecule has 0 atom stereocenters. The second-order valence-electron chi connectivity index (χ2n) is 7.84. The number of carbonyl (C=O) groups excluding carboxylic acids is 1. The third-order valence-electron chi connectivity index (χ3n) is 4.83. The second-order valence-corrected chi connectivity index (χ2v) is 9.69. The van der Waals surface area contributed by atoms with E-state index in [0.717, 1.165) is 11.4 Å². The van der Waals surface area contributed by atoms with E-state index in [4.69, 9.17) is 37.3 Å². The van der Waals surface area contributed by atoms with Gasteiger partial charge >= 0.3 is 0 Å². The van der Waals surface area contributed by atoms with Crippen LogP contribution in [0.15, 0.2) is 68.9 Å². The molecule has 1 aliphatic heterocycles. The Bertz CT molecular complexity index is 1230. The molecule has 3 aromatic rings. The van der Waals surface area contributed by atoms with Crippen molar-refractivity contribution >= 4 is 57.8 Å². The standard InChI is InChI=1S/C25H22Cl2N2O3S/c1-15(2)14-29-24(30)23(33-25(29)28-17-5-7-18(31-3)8-6-17)13-19-9-11-22(32-19)20-12-16(26)4-10-21(20)27/h4-13,15H,14H2,1-3H3/b23-13+,28-25?. The van der Waals surface area contributed by atoms with Crippen molar-refractivity contribution < 1.29 is 13.9 Å². The van der Waals surface area contributed by atoms with Crippen LogP contribution in [-0.2, 0) is 4.79 Å². The Balaban J connectivity index is 1.64. The zero-order valence-electron chi connectivity index (χ0n) is 18.3. The highest BCUT2D eigenvalue weighted by Gasteiger charge is 2.34. The number of benzene rings is 2. The number of halogens is 2. The Labute approximate surface area is 207 Å². The Morgan fingerprint density at radius 3 is 2.58 bits per heavy atom. The first kappa shape index (κ1) is 23.5. The summed E-state index contributed by atoms with van der Waals surface area (Å²) in [5.41, 5.74) is 1.44. The number of nitrogens with zero attached hydrogens (tertiary/aromatic N) is 2. The fourth-order valence-corrected chi connectivity index (χ4v) is 4.65. The maximum absolute atomic E-state index is 13.2. The molecule has 0 radical (unpaired) electrons. The van der Waals surface area contributed by atoms with E-state index in [9.17, 15) is 4.79 Å². The molecule has 2 heterocycles. The molecule has 8 heteroatoms. The van der Waals surface area contributed by atoms with Gasteiger partial charge in [-0.1, -0.05) is 37.0 Å². The third kappa shape index (κ3) is 5.46. The van der Waals surface area contributed by atoms with Crippen LogP contribution in [0.5, 0.6) is 5.75 Å². The second kappa shape index (κ2) is 10.1. The lowest BCUT2D eigenvalue weighted by molar-refractivity contribution is -0.122. The minimum absolute atomic E-state index is 0.0975. The molecule has 170 valence electrons. The summed E-state index contributed by atoms with van der Waals surface area (Å²) in [4.78, 5) is 20.1. The largest absolute Gasteiger partial charge is 0.497 e. The highest BCUT2D eigenvalue weighted by atomic mass is 35.5. The van der Waals surface area contributed by atoms with E-state index in [1.807, 2.05) is 30.3 Å². The van der Waals surface area contributed by atoms with Crippen LogP contribution in [0.25, 0.3) is 17.4 Å². The Hall–Kier alpha value is -2.67. The Morgan fingerprint density at radius 2 is 1.88 bits per heavy atom. The predicted molar refractivity (Wildman–Crippen MR) is 136 cm³/mol. The van der Waals surface area contributed by atoms with Crippen molar-refractivity contribution in [3.8, 4) is 17.1 Å². The molecule has 33 heavy (non-hydrogen) atoms. The van der Waals surface area contributed by atoms with Gasteiger partial charge in [-0.2, -0.15) is 0 Å². The number of rotatable bonds is 6. The third-order valence-corrected chi connectivity index (χ3v) is 6.40. The monoisotopic (exact) mass is 500 g/mol. The summed E-state index contributed by atoms with van der Waals surface area (Å²) in [6.07, 6.45) is 1.73. The summed E-state index contributed by atoms with van der Waals surface area (Å²) in [5.74, 6) is 2.07. The van der Waals surface area contributed by atoms with Crippen LogP contribution in [0.3, 0.4) is 0 Å². The average molecular weight is 501 g/mol. The van der Waals surface area contributed by atoms with E-state index in [-0.39, 0.29) is 11.8 Å². The summed E-state index contributed by atoms with van der Waals surface area (Å²) in [7, 11) is 1.62. The van der Waals surface area contributed by atoms with Gasteiger partial charge in [-0.05, 0) is 72.3 Å². The first-order valence-corrected chi connectivity index (χ1v) is 11.9. The van der Waals surface area contributed by atoms with Crippen LogP contribution in [0.2, 0.25) is 10.0 Å². The van der Waals surface area contributed by atoms with Gasteiger partial charge in [0.25, 0.3) is 5.91 Å². The van der Waals surface area contributed by atoms with Crippen LogP contribution in [0.4, 0.5) is 5.69 Å². The van der Waals surface area contributed by atoms with Gasteiger partial charge in [-0.25, -0.2) is 4.99 Å². The number of aliphatic imine (C=N–C) groups is 1. The molecule has 0 N–H and O–H groups in total. The molecule has 1 amide bonds. The molecule has 1 saturated heterocycles. The van der Waals surface area contributed by atoms with E-state index in [1.54, 1.807) is 42.4 Å². The Kier molecular flexibility index (Phi) is 7.17. The van der Waals surface area contributed by atoms with E-state index in [2.05, 4.69) is 13.8 Å². The van der Waals surface area contributed by atoms with Gasteiger partial charge in [0.1, 0.15) is 17.3 Å². The fourth-order valence-electron chi connectivity index (χ4n) is 3.28. The van der Waals surface area contributed by atoms with Crippen molar-refractivity contribution in [3.63, 3.8) is 0 Å². The van der Waals surface area contributed by atoms with Gasteiger partial charge in [0.15, 0.2) is 5.17 Å². The predicted octanol–water partition coefficient (Wildman–Crippen LogP) is 7.52. The number of furan rings is 1. The summed E-state index contributed by atoms with van der Waals surface area (Å²) in [5, 5.41) is 1.74. The molecule has 1 fully saturated rings. The number of ether oxygens (including phenoxy) is 1. The topological polar surface area (TPSA) is 55.0 Å². The zero-order valence-corrected chi connectivity index (χ0v) is 20.7. The van der Waals surface area contributed by atoms with Gasteiger partial charge in [0.05, 0.1) is 22.7 Å². The molecule has 1 aromatic heterocycles. The van der Waals surface area contributed by atoms with E-state index in [0.29, 0.717) is 43.7 Å². The highest BCUT2D eigenvalue weighted by molar-refractivity contribution is 8.18. The number of methoxy groups -OCH3 is 1. The van der Waals surface area contributed by atoms with Crippen molar-refractivity contribution in [1.29, 1.82) is 0 Å². The molecule has 0 bridgehead atoms. The van der Waals surface area contributed by atoms with E-state index in [1.165, 1.54) is 11.8 Å². The van der Waals surface area contributed by atoms with Gasteiger partial charge < -0.3 is 9.15 Å². The maximum atomic E-state index is 13.2. The van der Waals surface area contributed by atoms with Crippen LogP contribution in [0, 0.1) is 5.92 Å². The van der Waals surface area contributed by atoms with Crippen molar-refractivity contribution in [2.45, 2.75) is 13.8 Å². The van der Waals surface area contributed by atoms with Crippen LogP contribution < -0.4 is 4.74 Å². The van der Waals surface area contributed by atoms with Crippen LogP contribution >= 0.6 is 35.0 Å². The Morgan fingerprint density at radius 1 is 1.12 bits per heavy atom. The molecule has 1 aliphatic rings. The van der Waals surface area contributed by atoms with Crippen molar-refractivity contribution in [2.24, 2.45) is 10.9 Å². The normalized spacial score (nSPS) is 16.4. The zero-order chi connectivity index (χ0) is 23.5. The number of thioether (sulfide) groups is 1. The van der Waals surface area contributed by atoms with Crippen molar-refractivity contribution in [1.82, 2.24) is 4.90 Å². The summed E-state index contributed by atoms with van der Waals surface area (Å²) >= 11 is 13.7. The molecule has 5 nitrogen and oxygen atoms in total. The smallest absolute Gasteiger partial charge is 0.266 e. The number of hydrogen-bond acceptors (Lipinski definition) is 5. The van der Waals surface area contributed by atoms with Crippen LogP contribution in [-0.4, -0.2) is 29.6 Å². The lowest BCUT2D eigenvalue weighted by atomic mass is 10.2. The molecule has 0 unspecified atom stereocenters. The number of hydrogen-bond donors (Lipinski definition) is 0. The minimum Gasteiger partial charge on any atom is -0.497 e. The summed E-state index contributed by atoms with van der Waals surface area (Å²) in [6.45, 7) is 4.70. The quantitative estimate of drug-likeness (QED) is 0.328. The van der Waals surface area contributed by atoms with Gasteiger partial charge in [0, 0.05) is 23.2 Å². The summed E-state index contributed by atoms with van der Waals surface area (Å²) in [6, 6.07) is 16.2. The number of carbonyl (C=O) groups is 1.